The quantitative estimate of drug-likeness (QED) is 0.846. The van der Waals surface area contributed by atoms with Gasteiger partial charge in [0.2, 0.25) is 0 Å². The zero-order valence-corrected chi connectivity index (χ0v) is 12.6. The summed E-state index contributed by atoms with van der Waals surface area (Å²) < 4.78 is 37.8. The number of piperidine rings is 1. The van der Waals surface area contributed by atoms with Gasteiger partial charge in [0.05, 0.1) is 18.0 Å². The van der Waals surface area contributed by atoms with Gasteiger partial charge in [-0.3, -0.25) is 9.79 Å². The van der Waals surface area contributed by atoms with E-state index in [0.29, 0.717) is 31.6 Å². The van der Waals surface area contributed by atoms with E-state index in [4.69, 9.17) is 5.11 Å². The molecule has 0 bridgehead atoms. The summed E-state index contributed by atoms with van der Waals surface area (Å²) in [6, 6.07) is 5.01. The molecule has 0 amide bonds. The molecule has 7 heteroatoms. The van der Waals surface area contributed by atoms with Gasteiger partial charge in [-0.1, -0.05) is 12.1 Å². The molecule has 1 fully saturated rings. The highest BCUT2D eigenvalue weighted by atomic mass is 19.4. The van der Waals surface area contributed by atoms with Crippen LogP contribution in [-0.4, -0.2) is 48.4 Å². The van der Waals surface area contributed by atoms with Crippen LogP contribution in [0.5, 0.6) is 0 Å². The van der Waals surface area contributed by atoms with Crippen LogP contribution >= 0.6 is 0 Å². The van der Waals surface area contributed by atoms with Crippen molar-refractivity contribution in [1.29, 1.82) is 0 Å². The van der Waals surface area contributed by atoms with Crippen LogP contribution in [-0.2, 0) is 11.0 Å². The summed E-state index contributed by atoms with van der Waals surface area (Å²) in [7, 11) is 0. The lowest BCUT2D eigenvalue weighted by Crippen LogP contribution is -2.39. The molecule has 0 spiro atoms. The Kier molecular flexibility index (Phi) is 5.76. The molecule has 2 rings (SSSR count). The average Bonchev–Trinajstić information content (AvgIpc) is 2.51. The molecule has 1 unspecified atom stereocenters. The van der Waals surface area contributed by atoms with Gasteiger partial charge in [-0.25, -0.2) is 0 Å². The van der Waals surface area contributed by atoms with Crippen LogP contribution in [0.4, 0.5) is 13.2 Å². The van der Waals surface area contributed by atoms with Crippen molar-refractivity contribution >= 4 is 12.2 Å². The van der Waals surface area contributed by atoms with E-state index in [-0.39, 0.29) is 5.92 Å². The highest BCUT2D eigenvalue weighted by molar-refractivity contribution is 5.79. The van der Waals surface area contributed by atoms with Crippen molar-refractivity contribution in [3.05, 3.63) is 35.4 Å². The molecule has 1 atom stereocenters. The second-order valence-electron chi connectivity index (χ2n) is 5.64. The van der Waals surface area contributed by atoms with Crippen LogP contribution in [0.15, 0.2) is 29.3 Å². The Morgan fingerprint density at radius 1 is 1.43 bits per heavy atom. The minimum Gasteiger partial charge on any atom is -0.481 e. The fraction of sp³-hybridized carbons (Fsp3) is 0.500. The number of hydrogen-bond acceptors (Lipinski definition) is 3. The standard InChI is InChI=1S/C16H19F3N2O2/c17-16(18,19)14-5-1-3-12(9-14)10-20-6-8-21-7-2-4-13(11-21)15(22)23/h1,3,5,9-10,13H,2,4,6-8,11H2,(H,22,23). The van der Waals surface area contributed by atoms with Gasteiger partial charge in [0.15, 0.2) is 0 Å². The number of carboxylic acid groups (broad SMARTS) is 1. The van der Waals surface area contributed by atoms with E-state index in [0.717, 1.165) is 25.1 Å². The van der Waals surface area contributed by atoms with Crippen molar-refractivity contribution in [2.75, 3.05) is 26.2 Å². The molecular weight excluding hydrogens is 309 g/mol. The van der Waals surface area contributed by atoms with Gasteiger partial charge >= 0.3 is 12.1 Å². The number of carboxylic acids is 1. The maximum absolute atomic E-state index is 12.6. The first kappa shape index (κ1) is 17.5. The Hall–Kier alpha value is -1.89. The number of aliphatic imine (C=N–C) groups is 1. The normalized spacial score (nSPS) is 20.0. The second kappa shape index (κ2) is 7.59. The van der Waals surface area contributed by atoms with Crippen molar-refractivity contribution in [1.82, 2.24) is 4.90 Å². The Labute approximate surface area is 132 Å². The molecule has 1 aromatic carbocycles. The van der Waals surface area contributed by atoms with E-state index in [9.17, 15) is 18.0 Å². The Morgan fingerprint density at radius 3 is 2.91 bits per heavy atom. The predicted octanol–water partition coefficient (Wildman–Crippen LogP) is 2.92. The molecule has 126 valence electrons. The summed E-state index contributed by atoms with van der Waals surface area (Å²) in [6.45, 7) is 2.39. The van der Waals surface area contributed by atoms with Gasteiger partial charge in [0.25, 0.3) is 0 Å². The molecular formula is C16H19F3N2O2. The number of rotatable bonds is 5. The van der Waals surface area contributed by atoms with Crippen molar-refractivity contribution in [3.8, 4) is 0 Å². The molecule has 1 N–H and O–H groups in total. The molecule has 1 heterocycles. The fourth-order valence-corrected chi connectivity index (χ4v) is 2.62. The van der Waals surface area contributed by atoms with Crippen molar-refractivity contribution in [2.24, 2.45) is 10.9 Å². The summed E-state index contributed by atoms with van der Waals surface area (Å²) in [6.07, 6.45) is -1.40. The third kappa shape index (κ3) is 5.35. The predicted molar refractivity (Wildman–Crippen MR) is 80.7 cm³/mol. The molecule has 1 aliphatic heterocycles. The van der Waals surface area contributed by atoms with E-state index in [1.807, 2.05) is 4.90 Å². The van der Waals surface area contributed by atoms with Gasteiger partial charge in [0, 0.05) is 19.3 Å². The molecule has 4 nitrogen and oxygen atoms in total. The van der Waals surface area contributed by atoms with Crippen LogP contribution in [0, 0.1) is 5.92 Å². The first-order chi connectivity index (χ1) is 10.9. The number of carbonyl (C=O) groups is 1. The van der Waals surface area contributed by atoms with E-state index < -0.39 is 17.7 Å². The van der Waals surface area contributed by atoms with Crippen LogP contribution in [0.2, 0.25) is 0 Å². The van der Waals surface area contributed by atoms with E-state index in [1.54, 1.807) is 6.07 Å². The van der Waals surface area contributed by atoms with E-state index in [2.05, 4.69) is 4.99 Å². The van der Waals surface area contributed by atoms with Gasteiger partial charge in [-0.05, 0) is 37.1 Å². The zero-order chi connectivity index (χ0) is 16.9. The topological polar surface area (TPSA) is 52.9 Å². The lowest BCUT2D eigenvalue weighted by molar-refractivity contribution is -0.143. The lowest BCUT2D eigenvalue weighted by Gasteiger charge is -2.29. The zero-order valence-electron chi connectivity index (χ0n) is 12.6. The summed E-state index contributed by atoms with van der Waals surface area (Å²) in [5.41, 5.74) is -0.288. The van der Waals surface area contributed by atoms with Gasteiger partial charge in [-0.2, -0.15) is 13.2 Å². The van der Waals surface area contributed by atoms with Crippen LogP contribution in [0.3, 0.4) is 0 Å². The second-order valence-corrected chi connectivity index (χ2v) is 5.64. The third-order valence-corrected chi connectivity index (χ3v) is 3.85. The maximum atomic E-state index is 12.6. The maximum Gasteiger partial charge on any atom is 0.416 e. The molecule has 23 heavy (non-hydrogen) atoms. The number of likely N-dealkylation sites (tertiary alicyclic amines) is 1. The highest BCUT2D eigenvalue weighted by Crippen LogP contribution is 2.29. The molecule has 0 saturated carbocycles. The molecule has 0 aromatic heterocycles. The van der Waals surface area contributed by atoms with Gasteiger partial charge in [-0.15, -0.1) is 0 Å². The third-order valence-electron chi connectivity index (χ3n) is 3.85. The molecule has 1 aromatic rings. The summed E-state index contributed by atoms with van der Waals surface area (Å²) in [5.74, 6) is -1.11. The van der Waals surface area contributed by atoms with E-state index in [1.165, 1.54) is 12.3 Å². The average molecular weight is 328 g/mol. The molecule has 1 saturated heterocycles. The van der Waals surface area contributed by atoms with Crippen LogP contribution < -0.4 is 0 Å². The molecule has 1 aliphatic rings. The SMILES string of the molecule is O=C(O)C1CCCN(CCN=Cc2cccc(C(F)(F)F)c2)C1. The minimum absolute atomic E-state index is 0.337. The first-order valence-electron chi connectivity index (χ1n) is 7.48. The smallest absolute Gasteiger partial charge is 0.416 e. The van der Waals surface area contributed by atoms with Gasteiger partial charge < -0.3 is 10.0 Å². The Bertz CT molecular complexity index is 573. The number of nitrogens with zero attached hydrogens (tertiary/aromatic N) is 2. The van der Waals surface area contributed by atoms with Crippen LogP contribution in [0.25, 0.3) is 0 Å². The minimum atomic E-state index is -4.36. The summed E-state index contributed by atoms with van der Waals surface area (Å²) in [4.78, 5) is 17.2. The number of aliphatic carboxylic acids is 1. The number of halogens is 3. The highest BCUT2D eigenvalue weighted by Gasteiger charge is 2.30. The van der Waals surface area contributed by atoms with Crippen molar-refractivity contribution in [2.45, 2.75) is 19.0 Å². The lowest BCUT2D eigenvalue weighted by atomic mass is 9.98. The largest absolute Gasteiger partial charge is 0.481 e. The Morgan fingerprint density at radius 2 is 2.22 bits per heavy atom. The van der Waals surface area contributed by atoms with E-state index >= 15 is 0 Å². The summed E-state index contributed by atoms with van der Waals surface area (Å²) >= 11 is 0. The van der Waals surface area contributed by atoms with Crippen LogP contribution in [0.1, 0.15) is 24.0 Å². The number of hydrogen-bond donors (Lipinski definition) is 1. The monoisotopic (exact) mass is 328 g/mol. The van der Waals surface area contributed by atoms with Crippen molar-refractivity contribution in [3.63, 3.8) is 0 Å². The first-order valence-corrected chi connectivity index (χ1v) is 7.48. The molecule has 0 radical (unpaired) electrons. The molecule has 0 aliphatic carbocycles. The fourth-order valence-electron chi connectivity index (χ4n) is 2.62. The number of alkyl halides is 3. The number of benzene rings is 1. The van der Waals surface area contributed by atoms with Gasteiger partial charge in [0.1, 0.15) is 0 Å². The summed E-state index contributed by atoms with van der Waals surface area (Å²) in [5, 5.41) is 9.02. The van der Waals surface area contributed by atoms with Crippen molar-refractivity contribution < 1.29 is 23.1 Å². The Balaban J connectivity index is 1.84.